The molecule has 0 saturated carbocycles. The fraction of sp³-hybridized carbons (Fsp3) is 0.317. The number of carbonyl (C=O) groups excluding carboxylic acids is 1. The number of hydrogen-bond donors (Lipinski definition) is 0. The molecule has 6 rings (SSSR count). The van der Waals surface area contributed by atoms with E-state index in [0.29, 0.717) is 6.42 Å². The summed E-state index contributed by atoms with van der Waals surface area (Å²) in [6, 6.07) is 22.7. The predicted molar refractivity (Wildman–Crippen MR) is 199 cm³/mol. The van der Waals surface area contributed by atoms with Gasteiger partial charge in [0.15, 0.2) is 5.71 Å². The Kier molecular flexibility index (Phi) is 9.45. The van der Waals surface area contributed by atoms with Gasteiger partial charge in [0.25, 0.3) is 5.69 Å². The summed E-state index contributed by atoms with van der Waals surface area (Å²) in [5.41, 5.74) is 7.44. The van der Waals surface area contributed by atoms with Crippen LogP contribution in [-0.2, 0) is 15.6 Å². The van der Waals surface area contributed by atoms with Gasteiger partial charge in [-0.1, -0.05) is 50.3 Å². The van der Waals surface area contributed by atoms with Crippen LogP contribution in [0.2, 0.25) is 0 Å². The summed E-state index contributed by atoms with van der Waals surface area (Å²) in [7, 11) is 0. The van der Waals surface area contributed by atoms with Gasteiger partial charge in [0.2, 0.25) is 5.69 Å². The summed E-state index contributed by atoms with van der Waals surface area (Å²) in [4.78, 5) is 25.6. The highest BCUT2D eigenvalue weighted by atomic mass is 32.1. The summed E-state index contributed by atoms with van der Waals surface area (Å²) in [5, 5.41) is 23.7. The topological polar surface area (TPSA) is 89.5 Å². The molecule has 0 spiro atoms. The first-order valence-electron chi connectivity index (χ1n) is 17.0. The number of nitro benzene ring substituents is 1. The minimum atomic E-state index is -0.994. The summed E-state index contributed by atoms with van der Waals surface area (Å²) >= 11 is 1.81. The molecule has 0 amide bonds. The minimum absolute atomic E-state index is 0.0889. The van der Waals surface area contributed by atoms with Crippen LogP contribution >= 0.6 is 11.3 Å². The van der Waals surface area contributed by atoms with Crippen LogP contribution in [0.5, 0.6) is 0 Å². The molecule has 49 heavy (non-hydrogen) atoms. The number of carboxylic acid groups (broad SMARTS) is 1. The van der Waals surface area contributed by atoms with Crippen LogP contribution in [-0.4, -0.2) is 34.3 Å². The Labute approximate surface area is 292 Å². The number of likely N-dealkylation sites (N-methyl/N-ethyl adjacent to an activating group) is 1. The number of carboxylic acids is 1. The van der Waals surface area contributed by atoms with Crippen molar-refractivity contribution in [3.63, 3.8) is 0 Å². The molecule has 2 aliphatic rings. The minimum Gasteiger partial charge on any atom is -0.550 e. The molecule has 0 bridgehead atoms. The second-order valence-corrected chi connectivity index (χ2v) is 14.9. The molecule has 3 aromatic carbocycles. The zero-order valence-corrected chi connectivity index (χ0v) is 29.7. The highest BCUT2D eigenvalue weighted by Crippen LogP contribution is 2.49. The van der Waals surface area contributed by atoms with Crippen molar-refractivity contribution >= 4 is 50.2 Å². The van der Waals surface area contributed by atoms with E-state index >= 15 is 0 Å². The fourth-order valence-electron chi connectivity index (χ4n) is 7.39. The molecular weight excluding hydrogens is 631 g/mol. The van der Waals surface area contributed by atoms with Crippen molar-refractivity contribution in [1.82, 2.24) is 0 Å². The number of unbranched alkanes of at least 4 members (excludes halogenated alkanes) is 2. The molecule has 4 aromatic rings. The highest BCUT2D eigenvalue weighted by molar-refractivity contribution is 7.22. The Hall–Kier alpha value is -4.82. The summed E-state index contributed by atoms with van der Waals surface area (Å²) in [6.45, 7) is 12.4. The molecule has 2 aliphatic heterocycles. The SMILES string of the molecule is CCN1/C(=C/C=C/C=C/C2=[N+](CCCCCC(=O)[O-])c3ccc(-c4cc5ccccc5s4)cc3C2(C)C)C(C)(C)c2cc([N+](=O)[O-])ccc21. The first kappa shape index (κ1) is 34.1. The highest BCUT2D eigenvalue weighted by Gasteiger charge is 2.44. The van der Waals surface area contributed by atoms with Crippen molar-refractivity contribution in [2.45, 2.75) is 71.1 Å². The van der Waals surface area contributed by atoms with Gasteiger partial charge in [0, 0.05) is 75.1 Å². The van der Waals surface area contributed by atoms with Gasteiger partial charge >= 0.3 is 0 Å². The number of fused-ring (bicyclic) bond motifs is 3. The van der Waals surface area contributed by atoms with E-state index in [1.165, 1.54) is 37.5 Å². The number of hydrogen-bond acceptors (Lipinski definition) is 6. The summed E-state index contributed by atoms with van der Waals surface area (Å²) in [6.07, 6.45) is 12.9. The van der Waals surface area contributed by atoms with E-state index in [-0.39, 0.29) is 27.9 Å². The van der Waals surface area contributed by atoms with Crippen molar-refractivity contribution in [2.75, 3.05) is 18.0 Å². The first-order chi connectivity index (χ1) is 23.4. The van der Waals surface area contributed by atoms with Crippen molar-refractivity contribution in [2.24, 2.45) is 0 Å². The summed E-state index contributed by atoms with van der Waals surface area (Å²) in [5.74, 6) is -0.994. The molecular formula is C41H43N3O4S. The Bertz CT molecular complexity index is 2030. The lowest BCUT2D eigenvalue weighted by molar-refractivity contribution is -0.438. The Morgan fingerprint density at radius 1 is 0.918 bits per heavy atom. The number of benzene rings is 3. The van der Waals surface area contributed by atoms with Crippen LogP contribution in [0.1, 0.15) is 71.4 Å². The molecule has 0 aliphatic carbocycles. The number of non-ortho nitro benzene ring substituents is 1. The molecule has 0 unspecified atom stereocenters. The standard InChI is InChI=1S/C41H43N3O4S/c1-6-42-33-23-21-30(44(47)48)27-32(33)41(4,5)37(42)17-9-7-10-18-38-40(2,3)31-25-29(36-26-28-15-12-13-16-35(28)49-36)20-22-34(31)43(38)24-14-8-11-19-39(45)46/h7,9-10,12-13,15-18,20-23,25-27H,6,8,11,14,19,24H2,1-5H3. The van der Waals surface area contributed by atoms with Crippen LogP contribution in [0.4, 0.5) is 17.1 Å². The maximum atomic E-state index is 11.5. The van der Waals surface area contributed by atoms with Crippen molar-refractivity contribution in [1.29, 1.82) is 0 Å². The van der Waals surface area contributed by atoms with Gasteiger partial charge in [-0.25, -0.2) is 0 Å². The zero-order valence-electron chi connectivity index (χ0n) is 28.9. The molecule has 8 heteroatoms. The Morgan fingerprint density at radius 2 is 1.71 bits per heavy atom. The maximum absolute atomic E-state index is 11.5. The van der Waals surface area contributed by atoms with Gasteiger partial charge in [0.05, 0.1) is 10.3 Å². The molecule has 252 valence electrons. The number of nitro groups is 1. The molecule has 1 aromatic heterocycles. The second-order valence-electron chi connectivity index (χ2n) is 13.8. The number of allylic oxidation sites excluding steroid dienone is 6. The predicted octanol–water partition coefficient (Wildman–Crippen LogP) is 8.98. The smallest absolute Gasteiger partial charge is 0.269 e. The summed E-state index contributed by atoms with van der Waals surface area (Å²) < 4.78 is 3.68. The normalized spacial score (nSPS) is 17.2. The third kappa shape index (κ3) is 6.49. The van der Waals surface area contributed by atoms with Gasteiger partial charge in [-0.2, -0.15) is 4.58 Å². The average molecular weight is 674 g/mol. The van der Waals surface area contributed by atoms with Gasteiger partial charge in [-0.05, 0) is 93.0 Å². The number of nitrogens with zero attached hydrogens (tertiary/aromatic N) is 3. The molecule has 0 fully saturated rings. The number of anilines is 1. The molecule has 0 atom stereocenters. The zero-order chi connectivity index (χ0) is 34.9. The van der Waals surface area contributed by atoms with E-state index in [4.69, 9.17) is 0 Å². The van der Waals surface area contributed by atoms with Crippen LogP contribution in [0.15, 0.2) is 103 Å². The monoisotopic (exact) mass is 673 g/mol. The number of thiophene rings is 1. The quantitative estimate of drug-likeness (QED) is 0.0493. The van der Waals surface area contributed by atoms with Crippen molar-refractivity contribution in [3.8, 4) is 10.4 Å². The van der Waals surface area contributed by atoms with E-state index in [1.54, 1.807) is 12.1 Å². The number of rotatable bonds is 12. The molecule has 3 heterocycles. The van der Waals surface area contributed by atoms with Crippen molar-refractivity contribution in [3.05, 3.63) is 124 Å². The van der Waals surface area contributed by atoms with E-state index < -0.39 is 5.97 Å². The average Bonchev–Trinajstić information content (AvgIpc) is 3.66. The van der Waals surface area contributed by atoms with E-state index in [1.807, 2.05) is 17.4 Å². The third-order valence-corrected chi connectivity index (χ3v) is 11.2. The van der Waals surface area contributed by atoms with Gasteiger partial charge in [-0.3, -0.25) is 10.1 Å². The van der Waals surface area contributed by atoms with Crippen LogP contribution in [0.25, 0.3) is 20.5 Å². The second kappa shape index (κ2) is 13.6. The molecule has 0 saturated heterocycles. The third-order valence-electron chi connectivity index (χ3n) is 10.00. The molecule has 0 N–H and O–H groups in total. The lowest BCUT2D eigenvalue weighted by Crippen LogP contribution is -2.28. The van der Waals surface area contributed by atoms with Crippen LogP contribution in [0.3, 0.4) is 0 Å². The van der Waals surface area contributed by atoms with E-state index in [2.05, 4.69) is 123 Å². The van der Waals surface area contributed by atoms with Gasteiger partial charge in [0.1, 0.15) is 6.54 Å². The fourth-order valence-corrected chi connectivity index (χ4v) is 8.44. The van der Waals surface area contributed by atoms with E-state index in [0.717, 1.165) is 42.9 Å². The lowest BCUT2D eigenvalue weighted by Gasteiger charge is -2.25. The largest absolute Gasteiger partial charge is 0.550 e. The molecule has 7 nitrogen and oxygen atoms in total. The molecule has 0 radical (unpaired) electrons. The Morgan fingerprint density at radius 3 is 2.45 bits per heavy atom. The van der Waals surface area contributed by atoms with Crippen LogP contribution in [0, 0.1) is 10.1 Å². The number of aliphatic carboxylic acids is 1. The van der Waals surface area contributed by atoms with E-state index in [9.17, 15) is 20.0 Å². The first-order valence-corrected chi connectivity index (χ1v) is 17.9. The van der Waals surface area contributed by atoms with Crippen molar-refractivity contribution < 1.29 is 19.4 Å². The lowest BCUT2D eigenvalue weighted by atomic mass is 9.80. The van der Waals surface area contributed by atoms with Crippen LogP contribution < -0.4 is 10.0 Å². The number of carbonyl (C=O) groups is 1. The van der Waals surface area contributed by atoms with Gasteiger partial charge < -0.3 is 14.8 Å². The Balaban J connectivity index is 1.29. The van der Waals surface area contributed by atoms with Gasteiger partial charge in [-0.15, -0.1) is 11.3 Å². The maximum Gasteiger partial charge on any atom is 0.269 e.